The van der Waals surface area contributed by atoms with Crippen LogP contribution in [0.5, 0.6) is 0 Å². The van der Waals surface area contributed by atoms with E-state index >= 15 is 0 Å². The lowest BCUT2D eigenvalue weighted by Crippen LogP contribution is -2.26. The lowest BCUT2D eigenvalue weighted by molar-refractivity contribution is 0.0690. The Hall–Kier alpha value is -1.62. The van der Waals surface area contributed by atoms with Gasteiger partial charge in [-0.2, -0.15) is 0 Å². The number of pyridine rings is 1. The van der Waals surface area contributed by atoms with Gasteiger partial charge in [-0.1, -0.05) is 13.8 Å². The monoisotopic (exact) mass is 238 g/mol. The summed E-state index contributed by atoms with van der Waals surface area (Å²) in [5.74, 6) is -0.694. The minimum absolute atomic E-state index is 0.0153. The predicted octanol–water partition coefficient (Wildman–Crippen LogP) is 1.60. The molecule has 0 aliphatic heterocycles. The van der Waals surface area contributed by atoms with Crippen LogP contribution in [-0.4, -0.2) is 33.8 Å². The van der Waals surface area contributed by atoms with Crippen molar-refractivity contribution in [2.24, 2.45) is 5.92 Å². The number of nitrogens with zero attached hydrogens (tertiary/aromatic N) is 1. The fourth-order valence-corrected chi connectivity index (χ4v) is 1.56. The van der Waals surface area contributed by atoms with E-state index in [4.69, 9.17) is 10.2 Å². The van der Waals surface area contributed by atoms with Gasteiger partial charge in [-0.05, 0) is 24.5 Å². The molecule has 17 heavy (non-hydrogen) atoms. The number of carboxylic acids is 1. The van der Waals surface area contributed by atoms with Crippen LogP contribution in [0.4, 0.5) is 5.69 Å². The summed E-state index contributed by atoms with van der Waals surface area (Å²) in [5.41, 5.74) is 0.728. The molecule has 1 heterocycles. The highest BCUT2D eigenvalue weighted by atomic mass is 16.4. The molecule has 0 aliphatic rings. The van der Waals surface area contributed by atoms with E-state index in [9.17, 15) is 4.79 Å². The highest BCUT2D eigenvalue weighted by Gasteiger charge is 2.13. The van der Waals surface area contributed by atoms with E-state index < -0.39 is 5.97 Å². The number of anilines is 1. The van der Waals surface area contributed by atoms with E-state index in [1.807, 2.05) is 13.8 Å². The summed E-state index contributed by atoms with van der Waals surface area (Å²) in [6, 6.07) is 3.33. The Bertz CT molecular complexity index is 380. The van der Waals surface area contributed by atoms with Crippen LogP contribution in [0.15, 0.2) is 18.3 Å². The van der Waals surface area contributed by atoms with Crippen LogP contribution < -0.4 is 5.32 Å². The molecule has 0 aliphatic carbocycles. The molecule has 1 rings (SSSR count). The number of aromatic nitrogens is 1. The van der Waals surface area contributed by atoms with Crippen molar-refractivity contribution >= 4 is 11.7 Å². The molecule has 0 amide bonds. The molecule has 0 aromatic carbocycles. The number of rotatable bonds is 6. The lowest BCUT2D eigenvalue weighted by atomic mass is 10.0. The third-order valence-electron chi connectivity index (χ3n) is 2.58. The van der Waals surface area contributed by atoms with Gasteiger partial charge in [-0.15, -0.1) is 0 Å². The minimum atomic E-state index is -1.04. The molecule has 5 nitrogen and oxygen atoms in total. The van der Waals surface area contributed by atoms with Gasteiger partial charge < -0.3 is 15.5 Å². The van der Waals surface area contributed by atoms with E-state index in [-0.39, 0.29) is 18.3 Å². The third kappa shape index (κ3) is 4.03. The van der Waals surface area contributed by atoms with Gasteiger partial charge in [0.2, 0.25) is 0 Å². The minimum Gasteiger partial charge on any atom is -0.477 e. The van der Waals surface area contributed by atoms with Crippen molar-refractivity contribution in [3.05, 3.63) is 24.0 Å². The maximum atomic E-state index is 10.8. The van der Waals surface area contributed by atoms with Gasteiger partial charge in [0.15, 0.2) is 0 Å². The van der Waals surface area contributed by atoms with Crippen molar-refractivity contribution < 1.29 is 15.0 Å². The first kappa shape index (κ1) is 13.4. The number of aliphatic hydroxyl groups excluding tert-OH is 1. The molecule has 1 atom stereocenters. The fourth-order valence-electron chi connectivity index (χ4n) is 1.56. The maximum absolute atomic E-state index is 10.8. The molecular weight excluding hydrogens is 220 g/mol. The second kappa shape index (κ2) is 6.20. The summed E-state index contributed by atoms with van der Waals surface area (Å²) in [4.78, 5) is 14.5. The topological polar surface area (TPSA) is 82.5 Å². The summed E-state index contributed by atoms with van der Waals surface area (Å²) in [6.07, 6.45) is 2.09. The third-order valence-corrected chi connectivity index (χ3v) is 2.58. The molecule has 94 valence electrons. The Morgan fingerprint density at radius 2 is 2.24 bits per heavy atom. The molecule has 5 heteroatoms. The van der Waals surface area contributed by atoms with Gasteiger partial charge in [0.25, 0.3) is 0 Å². The summed E-state index contributed by atoms with van der Waals surface area (Å²) in [5, 5.41) is 21.0. The number of carboxylic acid groups (broad SMARTS) is 1. The average molecular weight is 238 g/mol. The SMILES string of the molecule is CC(C)C(CCO)Nc1ccnc(C(=O)O)c1. The second-order valence-electron chi connectivity index (χ2n) is 4.24. The van der Waals surface area contributed by atoms with E-state index in [2.05, 4.69) is 10.3 Å². The highest BCUT2D eigenvalue weighted by molar-refractivity contribution is 5.86. The van der Waals surface area contributed by atoms with Crippen LogP contribution in [0.1, 0.15) is 30.8 Å². The Morgan fingerprint density at radius 1 is 1.53 bits per heavy atom. The largest absolute Gasteiger partial charge is 0.477 e. The fraction of sp³-hybridized carbons (Fsp3) is 0.500. The zero-order valence-electron chi connectivity index (χ0n) is 10.1. The van der Waals surface area contributed by atoms with E-state index in [0.29, 0.717) is 18.0 Å². The molecule has 0 saturated carbocycles. The van der Waals surface area contributed by atoms with Crippen LogP contribution in [0.3, 0.4) is 0 Å². The molecule has 1 aromatic heterocycles. The highest BCUT2D eigenvalue weighted by Crippen LogP contribution is 2.15. The smallest absolute Gasteiger partial charge is 0.354 e. The Kier molecular flexibility index (Phi) is 4.90. The summed E-state index contributed by atoms with van der Waals surface area (Å²) in [6.45, 7) is 4.20. The number of aromatic carboxylic acids is 1. The van der Waals surface area contributed by atoms with Gasteiger partial charge in [0, 0.05) is 24.5 Å². The molecule has 0 bridgehead atoms. The van der Waals surface area contributed by atoms with Crippen molar-refractivity contribution in [3.8, 4) is 0 Å². The van der Waals surface area contributed by atoms with Crippen molar-refractivity contribution in [3.63, 3.8) is 0 Å². The van der Waals surface area contributed by atoms with Gasteiger partial charge >= 0.3 is 5.97 Å². The number of hydrogen-bond acceptors (Lipinski definition) is 4. The maximum Gasteiger partial charge on any atom is 0.354 e. The standard InChI is InChI=1S/C12H18N2O3/c1-8(2)10(4-6-15)14-9-3-5-13-11(7-9)12(16)17/h3,5,7-8,10,15H,4,6H2,1-2H3,(H,13,14)(H,16,17). The zero-order chi connectivity index (χ0) is 12.8. The van der Waals surface area contributed by atoms with Crippen LogP contribution in [0.25, 0.3) is 0 Å². The number of carbonyl (C=O) groups is 1. The van der Waals surface area contributed by atoms with Crippen molar-refractivity contribution in [1.29, 1.82) is 0 Å². The molecule has 0 spiro atoms. The first-order chi connectivity index (χ1) is 8.04. The summed E-state index contributed by atoms with van der Waals surface area (Å²) >= 11 is 0. The molecule has 0 saturated heterocycles. The number of nitrogens with one attached hydrogen (secondary N) is 1. The molecular formula is C12H18N2O3. The summed E-state index contributed by atoms with van der Waals surface area (Å²) in [7, 11) is 0. The lowest BCUT2D eigenvalue weighted by Gasteiger charge is -2.22. The molecule has 1 aromatic rings. The second-order valence-corrected chi connectivity index (χ2v) is 4.24. The van der Waals surface area contributed by atoms with Gasteiger partial charge in [-0.3, -0.25) is 0 Å². The van der Waals surface area contributed by atoms with Crippen LogP contribution in [-0.2, 0) is 0 Å². The van der Waals surface area contributed by atoms with Crippen LogP contribution in [0.2, 0.25) is 0 Å². The number of hydrogen-bond donors (Lipinski definition) is 3. The molecule has 1 unspecified atom stereocenters. The molecule has 3 N–H and O–H groups in total. The van der Waals surface area contributed by atoms with E-state index in [0.717, 1.165) is 0 Å². The molecule has 0 radical (unpaired) electrons. The first-order valence-electron chi connectivity index (χ1n) is 5.61. The Labute approximate surface area is 101 Å². The van der Waals surface area contributed by atoms with Crippen molar-refractivity contribution in [2.75, 3.05) is 11.9 Å². The van der Waals surface area contributed by atoms with E-state index in [1.165, 1.54) is 12.3 Å². The Balaban J connectivity index is 2.78. The summed E-state index contributed by atoms with van der Waals surface area (Å²) < 4.78 is 0. The molecule has 0 fully saturated rings. The predicted molar refractivity (Wildman–Crippen MR) is 65.1 cm³/mol. The first-order valence-corrected chi connectivity index (χ1v) is 5.61. The normalized spacial score (nSPS) is 12.5. The van der Waals surface area contributed by atoms with Crippen LogP contribution >= 0.6 is 0 Å². The zero-order valence-corrected chi connectivity index (χ0v) is 10.1. The van der Waals surface area contributed by atoms with Crippen molar-refractivity contribution in [1.82, 2.24) is 4.98 Å². The van der Waals surface area contributed by atoms with E-state index in [1.54, 1.807) is 6.07 Å². The quantitative estimate of drug-likeness (QED) is 0.701. The van der Waals surface area contributed by atoms with Crippen LogP contribution in [0, 0.1) is 5.92 Å². The van der Waals surface area contributed by atoms with Crippen molar-refractivity contribution in [2.45, 2.75) is 26.3 Å². The van der Waals surface area contributed by atoms with Gasteiger partial charge in [0.1, 0.15) is 5.69 Å². The average Bonchev–Trinajstić information content (AvgIpc) is 2.28. The number of aliphatic hydroxyl groups is 1. The van der Waals surface area contributed by atoms with Gasteiger partial charge in [-0.25, -0.2) is 9.78 Å². The Morgan fingerprint density at radius 3 is 2.76 bits per heavy atom. The van der Waals surface area contributed by atoms with Gasteiger partial charge in [0.05, 0.1) is 0 Å².